The van der Waals surface area contributed by atoms with Crippen LogP contribution in [-0.2, 0) is 9.59 Å². The van der Waals surface area contributed by atoms with Crippen LogP contribution in [0.25, 0.3) is 0 Å². The molecular formula is C7H12N2O2. The first-order valence-corrected chi connectivity index (χ1v) is 3.67. The van der Waals surface area contributed by atoms with Gasteiger partial charge in [-0.3, -0.25) is 19.6 Å². The second kappa shape index (κ2) is 2.90. The van der Waals surface area contributed by atoms with E-state index in [1.54, 1.807) is 7.05 Å². The van der Waals surface area contributed by atoms with Crippen LogP contribution in [0.15, 0.2) is 0 Å². The predicted molar refractivity (Wildman–Crippen MR) is 39.4 cm³/mol. The standard InChI is InChI=1S/C7H12N2O2/c1-6(10)9-5-3-4-7(11)8(9)2/h3-5H2,1-2H3. The van der Waals surface area contributed by atoms with Crippen LogP contribution >= 0.6 is 0 Å². The highest BCUT2D eigenvalue weighted by Crippen LogP contribution is 2.09. The second-order valence-electron chi connectivity index (χ2n) is 2.66. The third kappa shape index (κ3) is 1.50. The molecule has 1 heterocycles. The first kappa shape index (κ1) is 8.04. The molecule has 4 nitrogen and oxygen atoms in total. The van der Waals surface area contributed by atoms with Crippen LogP contribution in [0, 0.1) is 0 Å². The van der Waals surface area contributed by atoms with Crippen molar-refractivity contribution in [1.82, 2.24) is 10.0 Å². The van der Waals surface area contributed by atoms with Gasteiger partial charge in [-0.15, -0.1) is 0 Å². The van der Waals surface area contributed by atoms with Gasteiger partial charge in [-0.25, -0.2) is 0 Å². The van der Waals surface area contributed by atoms with Crippen molar-refractivity contribution in [2.75, 3.05) is 13.6 Å². The number of nitrogens with zero attached hydrogens (tertiary/aromatic N) is 2. The van der Waals surface area contributed by atoms with Gasteiger partial charge >= 0.3 is 0 Å². The van der Waals surface area contributed by atoms with Crippen molar-refractivity contribution < 1.29 is 9.59 Å². The van der Waals surface area contributed by atoms with Gasteiger partial charge in [-0.1, -0.05) is 0 Å². The molecule has 2 amide bonds. The molecule has 1 rings (SSSR count). The first-order chi connectivity index (χ1) is 5.13. The maximum absolute atomic E-state index is 11.0. The monoisotopic (exact) mass is 156 g/mol. The number of hydrazine groups is 1. The highest BCUT2D eigenvalue weighted by Gasteiger charge is 2.23. The van der Waals surface area contributed by atoms with Crippen LogP contribution in [0.3, 0.4) is 0 Å². The number of rotatable bonds is 0. The summed E-state index contributed by atoms with van der Waals surface area (Å²) in [5, 5.41) is 2.86. The molecule has 62 valence electrons. The average Bonchev–Trinajstić information content (AvgIpc) is 1.94. The molecule has 0 aromatic heterocycles. The van der Waals surface area contributed by atoms with Crippen molar-refractivity contribution in [3.63, 3.8) is 0 Å². The zero-order chi connectivity index (χ0) is 8.43. The molecule has 0 aromatic carbocycles. The Balaban J connectivity index is 2.65. The molecule has 1 fully saturated rings. The lowest BCUT2D eigenvalue weighted by Crippen LogP contribution is -2.50. The lowest BCUT2D eigenvalue weighted by molar-refractivity contribution is -0.164. The van der Waals surface area contributed by atoms with Gasteiger partial charge in [-0.05, 0) is 6.42 Å². The molecular weight excluding hydrogens is 144 g/mol. The number of carbonyl (C=O) groups excluding carboxylic acids is 2. The summed E-state index contributed by atoms with van der Waals surface area (Å²) in [4.78, 5) is 21.9. The summed E-state index contributed by atoms with van der Waals surface area (Å²) < 4.78 is 0. The molecule has 0 aromatic rings. The summed E-state index contributed by atoms with van der Waals surface area (Å²) >= 11 is 0. The van der Waals surface area contributed by atoms with E-state index in [-0.39, 0.29) is 11.8 Å². The Morgan fingerprint density at radius 3 is 2.64 bits per heavy atom. The van der Waals surface area contributed by atoms with Gasteiger partial charge in [0.2, 0.25) is 11.8 Å². The topological polar surface area (TPSA) is 40.6 Å². The van der Waals surface area contributed by atoms with Crippen molar-refractivity contribution in [3.05, 3.63) is 0 Å². The Hall–Kier alpha value is -1.06. The molecule has 0 bridgehead atoms. The van der Waals surface area contributed by atoms with Gasteiger partial charge in [-0.2, -0.15) is 0 Å². The predicted octanol–water partition coefficient (Wildman–Crippen LogP) is 0.00210. The minimum absolute atomic E-state index is 0.0199. The summed E-state index contributed by atoms with van der Waals surface area (Å²) in [6.45, 7) is 2.13. The first-order valence-electron chi connectivity index (χ1n) is 3.67. The van der Waals surface area contributed by atoms with E-state index in [9.17, 15) is 9.59 Å². The molecule has 0 atom stereocenters. The molecule has 0 N–H and O–H groups in total. The fraction of sp³-hybridized carbons (Fsp3) is 0.714. The van der Waals surface area contributed by atoms with Crippen LogP contribution in [0.1, 0.15) is 19.8 Å². The van der Waals surface area contributed by atoms with Crippen LogP contribution in [0.5, 0.6) is 0 Å². The van der Waals surface area contributed by atoms with Crippen molar-refractivity contribution in [1.29, 1.82) is 0 Å². The highest BCUT2D eigenvalue weighted by atomic mass is 16.2. The number of amides is 2. The van der Waals surface area contributed by atoms with Crippen molar-refractivity contribution in [2.45, 2.75) is 19.8 Å². The Bertz CT molecular complexity index is 191. The minimum atomic E-state index is -0.0689. The van der Waals surface area contributed by atoms with Gasteiger partial charge < -0.3 is 0 Å². The van der Waals surface area contributed by atoms with E-state index in [1.165, 1.54) is 16.9 Å². The summed E-state index contributed by atoms with van der Waals surface area (Å²) in [6.07, 6.45) is 1.34. The number of hydrogen-bond donors (Lipinski definition) is 0. The minimum Gasteiger partial charge on any atom is -0.273 e. The van der Waals surface area contributed by atoms with E-state index in [4.69, 9.17) is 0 Å². The molecule has 1 aliphatic heterocycles. The molecule has 1 saturated heterocycles. The number of carbonyl (C=O) groups is 2. The molecule has 0 saturated carbocycles. The third-order valence-corrected chi connectivity index (χ3v) is 1.85. The normalized spacial score (nSPS) is 18.9. The Kier molecular flexibility index (Phi) is 2.12. The van der Waals surface area contributed by atoms with Crippen molar-refractivity contribution in [3.8, 4) is 0 Å². The SMILES string of the molecule is CC(=O)N1CCCC(=O)N1C. The Morgan fingerprint density at radius 2 is 2.18 bits per heavy atom. The molecule has 0 unspecified atom stereocenters. The zero-order valence-electron chi connectivity index (χ0n) is 6.83. The van der Waals surface area contributed by atoms with E-state index in [0.717, 1.165) is 6.42 Å². The maximum atomic E-state index is 11.0. The van der Waals surface area contributed by atoms with E-state index in [2.05, 4.69) is 0 Å². The van der Waals surface area contributed by atoms with Crippen molar-refractivity contribution in [2.24, 2.45) is 0 Å². The smallest absolute Gasteiger partial charge is 0.240 e. The number of hydrogen-bond acceptors (Lipinski definition) is 2. The molecule has 11 heavy (non-hydrogen) atoms. The Labute approximate surface area is 65.7 Å². The van der Waals surface area contributed by atoms with Crippen LogP contribution in [-0.4, -0.2) is 35.4 Å². The summed E-state index contributed by atoms with van der Waals surface area (Å²) in [5.41, 5.74) is 0. The average molecular weight is 156 g/mol. The van der Waals surface area contributed by atoms with Gasteiger partial charge in [0.05, 0.1) is 0 Å². The van der Waals surface area contributed by atoms with E-state index in [0.29, 0.717) is 13.0 Å². The molecule has 0 radical (unpaired) electrons. The van der Waals surface area contributed by atoms with Crippen molar-refractivity contribution >= 4 is 11.8 Å². The molecule has 0 aliphatic carbocycles. The fourth-order valence-corrected chi connectivity index (χ4v) is 1.20. The van der Waals surface area contributed by atoms with E-state index >= 15 is 0 Å². The summed E-state index contributed by atoms with van der Waals surface area (Å²) in [5.74, 6) is -0.0491. The largest absolute Gasteiger partial charge is 0.273 e. The quantitative estimate of drug-likeness (QED) is 0.495. The van der Waals surface area contributed by atoms with Crippen LogP contribution in [0.4, 0.5) is 0 Å². The molecule has 0 spiro atoms. The van der Waals surface area contributed by atoms with Crippen LogP contribution < -0.4 is 0 Å². The summed E-state index contributed by atoms with van der Waals surface area (Å²) in [6, 6.07) is 0. The van der Waals surface area contributed by atoms with Gasteiger partial charge in [0.1, 0.15) is 0 Å². The van der Waals surface area contributed by atoms with E-state index < -0.39 is 0 Å². The highest BCUT2D eigenvalue weighted by molar-refractivity contribution is 5.81. The van der Waals surface area contributed by atoms with Gasteiger partial charge in [0.15, 0.2) is 0 Å². The van der Waals surface area contributed by atoms with Crippen LogP contribution in [0.2, 0.25) is 0 Å². The Morgan fingerprint density at radius 1 is 1.55 bits per heavy atom. The molecule has 4 heteroatoms. The summed E-state index contributed by atoms with van der Waals surface area (Å²) in [7, 11) is 1.63. The lowest BCUT2D eigenvalue weighted by Gasteiger charge is -2.34. The fourth-order valence-electron chi connectivity index (χ4n) is 1.20. The zero-order valence-corrected chi connectivity index (χ0v) is 6.83. The van der Waals surface area contributed by atoms with E-state index in [1.807, 2.05) is 0 Å². The third-order valence-electron chi connectivity index (χ3n) is 1.85. The lowest BCUT2D eigenvalue weighted by atomic mass is 10.2. The van der Waals surface area contributed by atoms with Gasteiger partial charge in [0, 0.05) is 26.9 Å². The second-order valence-corrected chi connectivity index (χ2v) is 2.66. The maximum Gasteiger partial charge on any atom is 0.240 e. The van der Waals surface area contributed by atoms with Gasteiger partial charge in [0.25, 0.3) is 0 Å². The molecule has 1 aliphatic rings.